The number of rotatable bonds is 4. The third kappa shape index (κ3) is 4.09. The van der Waals surface area contributed by atoms with Crippen molar-refractivity contribution in [2.24, 2.45) is 0 Å². The highest BCUT2D eigenvalue weighted by atomic mass is 16.6. The standard InChI is InChI=1S/C7H12O3/c1-4-7(8)10-6(2)5-9-3/h4,6H,1,5H2,2-3H3. The summed E-state index contributed by atoms with van der Waals surface area (Å²) in [5.74, 6) is -0.412. The maximum absolute atomic E-state index is 10.5. The summed E-state index contributed by atoms with van der Waals surface area (Å²) in [6, 6.07) is 0. The Balaban J connectivity index is 3.46. The van der Waals surface area contributed by atoms with Gasteiger partial charge in [-0.3, -0.25) is 0 Å². The first-order valence-electron chi connectivity index (χ1n) is 3.02. The van der Waals surface area contributed by atoms with Crippen molar-refractivity contribution in [3.63, 3.8) is 0 Å². The van der Waals surface area contributed by atoms with Crippen LogP contribution < -0.4 is 0 Å². The summed E-state index contributed by atoms with van der Waals surface area (Å²) in [5.41, 5.74) is 0. The quantitative estimate of drug-likeness (QED) is 0.431. The van der Waals surface area contributed by atoms with Gasteiger partial charge in [0.25, 0.3) is 0 Å². The fourth-order valence-corrected chi connectivity index (χ4v) is 0.515. The zero-order chi connectivity index (χ0) is 7.98. The van der Waals surface area contributed by atoms with E-state index in [0.29, 0.717) is 6.61 Å². The molecule has 10 heavy (non-hydrogen) atoms. The number of methoxy groups -OCH3 is 1. The van der Waals surface area contributed by atoms with Gasteiger partial charge in [0.05, 0.1) is 6.61 Å². The molecule has 0 aromatic carbocycles. The summed E-state index contributed by atoms with van der Waals surface area (Å²) in [4.78, 5) is 10.5. The van der Waals surface area contributed by atoms with Gasteiger partial charge in [0.1, 0.15) is 6.10 Å². The van der Waals surface area contributed by atoms with Gasteiger partial charge in [0, 0.05) is 13.2 Å². The summed E-state index contributed by atoms with van der Waals surface area (Å²) in [6.07, 6.45) is 0.932. The first-order valence-corrected chi connectivity index (χ1v) is 3.02. The molecule has 0 fully saturated rings. The van der Waals surface area contributed by atoms with Crippen LogP contribution in [-0.2, 0) is 14.3 Å². The Morgan fingerprint density at radius 2 is 2.40 bits per heavy atom. The third-order valence-electron chi connectivity index (χ3n) is 0.885. The summed E-state index contributed by atoms with van der Waals surface area (Å²) in [6.45, 7) is 5.43. The molecule has 0 saturated carbocycles. The van der Waals surface area contributed by atoms with E-state index in [2.05, 4.69) is 6.58 Å². The zero-order valence-corrected chi connectivity index (χ0v) is 6.29. The number of carbonyl (C=O) groups excluding carboxylic acids is 1. The molecule has 1 atom stereocenters. The minimum atomic E-state index is -0.412. The van der Waals surface area contributed by atoms with Crippen LogP contribution in [0.25, 0.3) is 0 Å². The van der Waals surface area contributed by atoms with Gasteiger partial charge in [-0.15, -0.1) is 0 Å². The van der Waals surface area contributed by atoms with Crippen LogP contribution in [0.2, 0.25) is 0 Å². The Kier molecular flexibility index (Phi) is 4.58. The van der Waals surface area contributed by atoms with E-state index in [0.717, 1.165) is 6.08 Å². The average Bonchev–Trinajstić information content (AvgIpc) is 1.88. The van der Waals surface area contributed by atoms with Crippen LogP contribution in [0, 0.1) is 0 Å². The lowest BCUT2D eigenvalue weighted by molar-refractivity contribution is -0.144. The zero-order valence-electron chi connectivity index (χ0n) is 6.29. The molecule has 0 bridgehead atoms. The van der Waals surface area contributed by atoms with Crippen molar-refractivity contribution in [2.75, 3.05) is 13.7 Å². The van der Waals surface area contributed by atoms with E-state index < -0.39 is 5.97 Å². The van der Waals surface area contributed by atoms with Crippen molar-refractivity contribution < 1.29 is 14.3 Å². The molecule has 0 aliphatic carbocycles. The Hall–Kier alpha value is -0.830. The number of ether oxygens (including phenoxy) is 2. The average molecular weight is 144 g/mol. The van der Waals surface area contributed by atoms with Gasteiger partial charge in [-0.25, -0.2) is 4.79 Å². The smallest absolute Gasteiger partial charge is 0.330 e. The Morgan fingerprint density at radius 3 is 2.80 bits per heavy atom. The molecular weight excluding hydrogens is 132 g/mol. The molecule has 0 aliphatic rings. The van der Waals surface area contributed by atoms with Crippen LogP contribution in [0.1, 0.15) is 6.92 Å². The maximum atomic E-state index is 10.5. The maximum Gasteiger partial charge on any atom is 0.330 e. The summed E-state index contributed by atoms with van der Waals surface area (Å²) in [5, 5.41) is 0. The van der Waals surface area contributed by atoms with E-state index in [9.17, 15) is 4.79 Å². The van der Waals surface area contributed by atoms with Gasteiger partial charge in [0.2, 0.25) is 0 Å². The van der Waals surface area contributed by atoms with Gasteiger partial charge in [-0.05, 0) is 6.92 Å². The second kappa shape index (κ2) is 4.99. The minimum Gasteiger partial charge on any atom is -0.457 e. The molecule has 3 nitrogen and oxygen atoms in total. The molecule has 1 unspecified atom stereocenters. The van der Waals surface area contributed by atoms with Gasteiger partial charge < -0.3 is 9.47 Å². The normalized spacial score (nSPS) is 12.2. The summed E-state index contributed by atoms with van der Waals surface area (Å²) >= 11 is 0. The van der Waals surface area contributed by atoms with E-state index in [4.69, 9.17) is 9.47 Å². The monoisotopic (exact) mass is 144 g/mol. The van der Waals surface area contributed by atoms with E-state index in [1.165, 1.54) is 0 Å². The summed E-state index contributed by atoms with van der Waals surface area (Å²) < 4.78 is 9.50. The molecule has 0 aromatic rings. The third-order valence-corrected chi connectivity index (χ3v) is 0.885. The number of esters is 1. The first kappa shape index (κ1) is 9.17. The molecule has 0 saturated heterocycles. The van der Waals surface area contributed by atoms with Gasteiger partial charge >= 0.3 is 5.97 Å². The van der Waals surface area contributed by atoms with E-state index >= 15 is 0 Å². The van der Waals surface area contributed by atoms with Gasteiger partial charge in [-0.2, -0.15) is 0 Å². The largest absolute Gasteiger partial charge is 0.457 e. The van der Waals surface area contributed by atoms with Gasteiger partial charge in [-0.1, -0.05) is 6.58 Å². The highest BCUT2D eigenvalue weighted by Crippen LogP contribution is 1.91. The molecule has 0 spiro atoms. The predicted octanol–water partition coefficient (Wildman–Crippen LogP) is 0.750. The minimum absolute atomic E-state index is 0.199. The second-order valence-electron chi connectivity index (χ2n) is 1.91. The van der Waals surface area contributed by atoms with Crippen molar-refractivity contribution in [1.29, 1.82) is 0 Å². The van der Waals surface area contributed by atoms with Crippen molar-refractivity contribution >= 4 is 5.97 Å². The van der Waals surface area contributed by atoms with E-state index in [1.807, 2.05) is 0 Å². The van der Waals surface area contributed by atoms with Crippen molar-refractivity contribution in [3.05, 3.63) is 12.7 Å². The summed E-state index contributed by atoms with van der Waals surface area (Å²) in [7, 11) is 1.55. The topological polar surface area (TPSA) is 35.5 Å². The van der Waals surface area contributed by atoms with Crippen LogP contribution in [0.15, 0.2) is 12.7 Å². The Bertz CT molecular complexity index is 120. The second-order valence-corrected chi connectivity index (χ2v) is 1.91. The molecule has 0 aliphatic heterocycles. The van der Waals surface area contributed by atoms with Crippen LogP contribution in [0.3, 0.4) is 0 Å². The molecule has 0 N–H and O–H groups in total. The molecule has 3 heteroatoms. The molecule has 0 amide bonds. The molecule has 58 valence electrons. The van der Waals surface area contributed by atoms with Crippen LogP contribution in [-0.4, -0.2) is 25.8 Å². The molecule has 0 radical (unpaired) electrons. The fraction of sp³-hybridized carbons (Fsp3) is 0.571. The van der Waals surface area contributed by atoms with Crippen LogP contribution in [0.4, 0.5) is 0 Å². The Morgan fingerprint density at radius 1 is 1.80 bits per heavy atom. The van der Waals surface area contributed by atoms with Gasteiger partial charge in [0.15, 0.2) is 0 Å². The van der Waals surface area contributed by atoms with Crippen molar-refractivity contribution in [3.8, 4) is 0 Å². The number of hydrogen-bond acceptors (Lipinski definition) is 3. The molecular formula is C7H12O3. The lowest BCUT2D eigenvalue weighted by Gasteiger charge is -2.09. The fourth-order valence-electron chi connectivity index (χ4n) is 0.515. The lowest BCUT2D eigenvalue weighted by atomic mass is 10.4. The molecule has 0 rings (SSSR count). The van der Waals surface area contributed by atoms with E-state index in [1.54, 1.807) is 14.0 Å². The lowest BCUT2D eigenvalue weighted by Crippen LogP contribution is -2.17. The molecule has 0 aromatic heterocycles. The SMILES string of the molecule is C=CC(=O)OC(C)COC. The van der Waals surface area contributed by atoms with Crippen molar-refractivity contribution in [2.45, 2.75) is 13.0 Å². The Labute approximate surface area is 60.6 Å². The highest BCUT2D eigenvalue weighted by Gasteiger charge is 2.03. The predicted molar refractivity (Wildman–Crippen MR) is 37.6 cm³/mol. The number of hydrogen-bond donors (Lipinski definition) is 0. The van der Waals surface area contributed by atoms with Crippen LogP contribution >= 0.6 is 0 Å². The van der Waals surface area contributed by atoms with Crippen LogP contribution in [0.5, 0.6) is 0 Å². The number of carbonyl (C=O) groups is 1. The highest BCUT2D eigenvalue weighted by molar-refractivity contribution is 5.81. The van der Waals surface area contributed by atoms with Crippen molar-refractivity contribution in [1.82, 2.24) is 0 Å². The first-order chi connectivity index (χ1) is 4.70. The molecule has 0 heterocycles. The van der Waals surface area contributed by atoms with E-state index in [-0.39, 0.29) is 6.10 Å².